The number of nitrogens with two attached hydrogens (primary N) is 1. The number of aryl methyl sites for hydroxylation is 2. The number of esters is 1. The number of carbonyl (C=O) groups excluding carboxylic acids is 1. The predicted molar refractivity (Wildman–Crippen MR) is 94.6 cm³/mol. The Bertz CT molecular complexity index is 962. The molecule has 2 aromatic heterocycles. The molecule has 2 N–H and O–H groups in total. The normalized spacial score (nSPS) is 15.6. The Labute approximate surface area is 151 Å². The van der Waals surface area contributed by atoms with Crippen LogP contribution < -0.4 is 5.73 Å². The minimum absolute atomic E-state index is 0.179. The number of ether oxygens (including phenoxy) is 1. The number of pyridine rings is 1. The summed E-state index contributed by atoms with van der Waals surface area (Å²) in [6.45, 7) is 2.12. The van der Waals surface area contributed by atoms with Gasteiger partial charge in [-0.15, -0.1) is 0 Å². The van der Waals surface area contributed by atoms with E-state index in [1.54, 1.807) is 30.8 Å². The zero-order chi connectivity index (χ0) is 18.8. The van der Waals surface area contributed by atoms with E-state index in [1.165, 1.54) is 0 Å². The Balaban J connectivity index is 2.17. The van der Waals surface area contributed by atoms with Gasteiger partial charge in [0.15, 0.2) is 0 Å². The molecule has 0 radical (unpaired) electrons. The Kier molecular flexibility index (Phi) is 4.64. The Morgan fingerprint density at radius 2 is 2.23 bits per heavy atom. The van der Waals surface area contributed by atoms with Gasteiger partial charge in [-0.25, -0.2) is 4.98 Å². The van der Waals surface area contributed by atoms with Crippen LogP contribution in [0, 0.1) is 28.6 Å². The molecule has 0 bridgehead atoms. The standard InChI is InChI=1S/C19H19N5O2/c1-3-26-19(25)11-4-5-16-14(7-11)17(15(9-21)18(22)23-16)12-6-13(8-20)24(2)10-12/h6,10-11H,3-5,7H2,1-2H3,(H2,22,23). The molecular weight excluding hydrogens is 330 g/mol. The summed E-state index contributed by atoms with van der Waals surface area (Å²) in [5.41, 5.74) is 9.82. The van der Waals surface area contributed by atoms with Gasteiger partial charge in [0.1, 0.15) is 29.2 Å². The number of fused-ring (bicyclic) bond motifs is 1. The Morgan fingerprint density at radius 1 is 1.46 bits per heavy atom. The molecule has 0 aliphatic heterocycles. The van der Waals surface area contributed by atoms with Gasteiger partial charge in [0.25, 0.3) is 0 Å². The second-order valence-corrected chi connectivity index (χ2v) is 6.31. The molecule has 26 heavy (non-hydrogen) atoms. The van der Waals surface area contributed by atoms with E-state index in [0.717, 1.165) is 16.8 Å². The van der Waals surface area contributed by atoms with Crippen LogP contribution in [0.15, 0.2) is 12.3 Å². The third kappa shape index (κ3) is 2.89. The van der Waals surface area contributed by atoms with Crippen molar-refractivity contribution in [2.45, 2.75) is 26.2 Å². The monoisotopic (exact) mass is 349 g/mol. The molecule has 0 spiro atoms. The van der Waals surface area contributed by atoms with Crippen LogP contribution in [0.5, 0.6) is 0 Å². The third-order valence-electron chi connectivity index (χ3n) is 4.73. The molecule has 3 rings (SSSR count). The van der Waals surface area contributed by atoms with Gasteiger partial charge in [-0.3, -0.25) is 4.79 Å². The van der Waals surface area contributed by atoms with E-state index >= 15 is 0 Å². The number of anilines is 1. The molecule has 1 aliphatic carbocycles. The molecule has 7 heteroatoms. The van der Waals surface area contributed by atoms with Crippen molar-refractivity contribution in [1.82, 2.24) is 9.55 Å². The molecule has 2 heterocycles. The van der Waals surface area contributed by atoms with Crippen molar-refractivity contribution < 1.29 is 9.53 Å². The Morgan fingerprint density at radius 3 is 2.85 bits per heavy atom. The lowest BCUT2D eigenvalue weighted by atomic mass is 9.81. The van der Waals surface area contributed by atoms with Crippen molar-refractivity contribution >= 4 is 11.8 Å². The molecular formula is C19H19N5O2. The summed E-state index contributed by atoms with van der Waals surface area (Å²) in [5, 5.41) is 18.9. The zero-order valence-corrected chi connectivity index (χ0v) is 14.7. The van der Waals surface area contributed by atoms with E-state index in [1.807, 2.05) is 0 Å². The third-order valence-corrected chi connectivity index (χ3v) is 4.73. The van der Waals surface area contributed by atoms with Gasteiger partial charge in [0, 0.05) is 30.1 Å². The van der Waals surface area contributed by atoms with E-state index in [4.69, 9.17) is 10.5 Å². The lowest BCUT2D eigenvalue weighted by Crippen LogP contribution is -2.26. The number of carbonyl (C=O) groups is 1. The second kappa shape index (κ2) is 6.89. The topological polar surface area (TPSA) is 118 Å². The van der Waals surface area contributed by atoms with Crippen LogP contribution in [0.4, 0.5) is 5.82 Å². The van der Waals surface area contributed by atoms with Crippen molar-refractivity contribution in [2.75, 3.05) is 12.3 Å². The fourth-order valence-corrected chi connectivity index (χ4v) is 3.48. The minimum Gasteiger partial charge on any atom is -0.466 e. The van der Waals surface area contributed by atoms with Crippen LogP contribution in [0.3, 0.4) is 0 Å². The molecule has 132 valence electrons. The largest absolute Gasteiger partial charge is 0.466 e. The maximum absolute atomic E-state index is 12.2. The summed E-state index contributed by atoms with van der Waals surface area (Å²) in [7, 11) is 1.77. The number of nitrogens with zero attached hydrogens (tertiary/aromatic N) is 4. The van der Waals surface area contributed by atoms with Crippen LogP contribution in [0.2, 0.25) is 0 Å². The SMILES string of the molecule is CCOC(=O)C1CCc2nc(N)c(C#N)c(-c3cc(C#N)n(C)c3)c2C1. The predicted octanol–water partition coefficient (Wildman–Crippen LogP) is 2.08. The zero-order valence-electron chi connectivity index (χ0n) is 14.7. The van der Waals surface area contributed by atoms with Gasteiger partial charge in [0.2, 0.25) is 0 Å². The maximum atomic E-state index is 12.2. The van der Waals surface area contributed by atoms with Gasteiger partial charge in [-0.2, -0.15) is 10.5 Å². The molecule has 2 aromatic rings. The number of aromatic nitrogens is 2. The first kappa shape index (κ1) is 17.5. The van der Waals surface area contributed by atoms with Gasteiger partial charge in [-0.05, 0) is 37.8 Å². The van der Waals surface area contributed by atoms with Crippen LogP contribution in [0.25, 0.3) is 11.1 Å². The molecule has 0 saturated carbocycles. The first-order valence-electron chi connectivity index (χ1n) is 8.44. The summed E-state index contributed by atoms with van der Waals surface area (Å²) in [6, 6.07) is 5.98. The first-order chi connectivity index (χ1) is 12.5. The average molecular weight is 349 g/mol. The number of hydrogen-bond donors (Lipinski definition) is 1. The summed E-state index contributed by atoms with van der Waals surface area (Å²) in [4.78, 5) is 16.6. The number of rotatable bonds is 3. The molecule has 1 unspecified atom stereocenters. The summed E-state index contributed by atoms with van der Waals surface area (Å²) in [5.74, 6) is -0.319. The fourth-order valence-electron chi connectivity index (χ4n) is 3.48. The van der Waals surface area contributed by atoms with Crippen LogP contribution in [0.1, 0.15) is 35.9 Å². The van der Waals surface area contributed by atoms with E-state index < -0.39 is 0 Å². The maximum Gasteiger partial charge on any atom is 0.309 e. The lowest BCUT2D eigenvalue weighted by Gasteiger charge is -2.25. The number of nitrogen functional groups attached to an aromatic ring is 1. The van der Waals surface area contributed by atoms with Crippen LogP contribution in [-0.4, -0.2) is 22.1 Å². The van der Waals surface area contributed by atoms with E-state index in [2.05, 4.69) is 17.1 Å². The van der Waals surface area contributed by atoms with Crippen molar-refractivity contribution in [3.63, 3.8) is 0 Å². The highest BCUT2D eigenvalue weighted by molar-refractivity contribution is 5.81. The van der Waals surface area contributed by atoms with Gasteiger partial charge in [-0.1, -0.05) is 0 Å². The molecule has 0 aromatic carbocycles. The average Bonchev–Trinajstić information content (AvgIpc) is 3.00. The minimum atomic E-state index is -0.266. The quantitative estimate of drug-likeness (QED) is 0.848. The van der Waals surface area contributed by atoms with Crippen molar-refractivity contribution in [2.24, 2.45) is 13.0 Å². The highest BCUT2D eigenvalue weighted by atomic mass is 16.5. The summed E-state index contributed by atoms with van der Waals surface area (Å²) < 4.78 is 6.87. The molecule has 1 aliphatic rings. The van der Waals surface area contributed by atoms with Crippen molar-refractivity contribution in [1.29, 1.82) is 10.5 Å². The molecule has 1 atom stereocenters. The van der Waals surface area contributed by atoms with Crippen LogP contribution in [-0.2, 0) is 29.4 Å². The van der Waals surface area contributed by atoms with Crippen molar-refractivity contribution in [3.8, 4) is 23.3 Å². The van der Waals surface area contributed by atoms with E-state index in [0.29, 0.717) is 37.1 Å². The number of hydrogen-bond acceptors (Lipinski definition) is 6. The summed E-state index contributed by atoms with van der Waals surface area (Å²) in [6.07, 6.45) is 3.48. The van der Waals surface area contributed by atoms with Gasteiger partial charge < -0.3 is 15.0 Å². The van der Waals surface area contributed by atoms with Crippen molar-refractivity contribution in [3.05, 3.63) is 34.8 Å². The fraction of sp³-hybridized carbons (Fsp3) is 0.368. The highest BCUT2D eigenvalue weighted by Gasteiger charge is 2.31. The Hall–Kier alpha value is -3.32. The lowest BCUT2D eigenvalue weighted by molar-refractivity contribution is -0.148. The molecule has 0 amide bonds. The second-order valence-electron chi connectivity index (χ2n) is 6.31. The highest BCUT2D eigenvalue weighted by Crippen LogP contribution is 2.38. The van der Waals surface area contributed by atoms with Gasteiger partial charge >= 0.3 is 5.97 Å². The first-order valence-corrected chi connectivity index (χ1v) is 8.44. The smallest absolute Gasteiger partial charge is 0.309 e. The van der Waals surface area contributed by atoms with E-state index in [9.17, 15) is 15.3 Å². The molecule has 0 saturated heterocycles. The summed E-state index contributed by atoms with van der Waals surface area (Å²) >= 11 is 0. The molecule has 7 nitrogen and oxygen atoms in total. The molecule has 0 fully saturated rings. The van der Waals surface area contributed by atoms with Gasteiger partial charge in [0.05, 0.1) is 12.5 Å². The van der Waals surface area contributed by atoms with E-state index in [-0.39, 0.29) is 23.3 Å². The number of nitriles is 2. The van der Waals surface area contributed by atoms with Crippen LogP contribution >= 0.6 is 0 Å².